The number of halogens is 2. The molecule has 0 spiro atoms. The average molecular weight is 332 g/mol. The second kappa shape index (κ2) is 6.22. The Morgan fingerprint density at radius 1 is 1.38 bits per heavy atom. The lowest BCUT2D eigenvalue weighted by Crippen LogP contribution is -2.52. The van der Waals surface area contributed by atoms with Gasteiger partial charge in [-0.2, -0.15) is 0 Å². The fraction of sp³-hybridized carbons (Fsp3) is 0.429. The lowest BCUT2D eigenvalue weighted by Gasteiger charge is -2.28. The second-order valence-electron chi connectivity index (χ2n) is 5.05. The van der Waals surface area contributed by atoms with Gasteiger partial charge in [-0.3, -0.25) is 4.79 Å². The summed E-state index contributed by atoms with van der Waals surface area (Å²) < 4.78 is 5.27. The van der Waals surface area contributed by atoms with E-state index in [-0.39, 0.29) is 5.02 Å². The molecule has 0 bridgehead atoms. The van der Waals surface area contributed by atoms with Crippen molar-refractivity contribution in [2.75, 3.05) is 6.61 Å². The van der Waals surface area contributed by atoms with Crippen molar-refractivity contribution >= 4 is 35.1 Å². The Morgan fingerprint density at radius 3 is 2.62 bits per heavy atom. The minimum atomic E-state index is -1.60. The van der Waals surface area contributed by atoms with E-state index in [9.17, 15) is 14.7 Å². The maximum absolute atomic E-state index is 12.1. The summed E-state index contributed by atoms with van der Waals surface area (Å²) in [5.74, 6) is -1.63. The van der Waals surface area contributed by atoms with E-state index in [0.717, 1.165) is 6.42 Å². The van der Waals surface area contributed by atoms with Crippen LogP contribution in [0, 0.1) is 0 Å². The molecule has 2 atom stereocenters. The Hall–Kier alpha value is -1.30. The number of aliphatic carboxylic acids is 1. The van der Waals surface area contributed by atoms with E-state index in [1.54, 1.807) is 0 Å². The predicted molar refractivity (Wildman–Crippen MR) is 78.6 cm³/mol. The zero-order valence-electron chi connectivity index (χ0n) is 11.4. The van der Waals surface area contributed by atoms with Crippen molar-refractivity contribution in [3.8, 4) is 0 Å². The Bertz CT molecular complexity index is 572. The molecule has 1 fully saturated rings. The van der Waals surface area contributed by atoms with Crippen LogP contribution < -0.4 is 5.32 Å². The van der Waals surface area contributed by atoms with Gasteiger partial charge in [-0.25, -0.2) is 4.79 Å². The summed E-state index contributed by atoms with van der Waals surface area (Å²) in [7, 11) is 0. The van der Waals surface area contributed by atoms with Crippen molar-refractivity contribution in [2.45, 2.75) is 31.4 Å². The van der Waals surface area contributed by atoms with Crippen molar-refractivity contribution in [3.05, 3.63) is 33.8 Å². The van der Waals surface area contributed by atoms with Crippen LogP contribution in [-0.2, 0) is 19.9 Å². The van der Waals surface area contributed by atoms with E-state index < -0.39 is 23.5 Å². The highest BCUT2D eigenvalue weighted by molar-refractivity contribution is 6.42. The standard InChI is InChI=1S/C14H15Cl2NO4/c1-14(13(19)20,8-4-5-9(15)10(16)7-8)17-12(18)11-3-2-6-21-11/h4-5,7,11H,2-3,6H2,1H3,(H,17,18)(H,19,20)/t11-,14?/m0/s1. The number of benzene rings is 1. The van der Waals surface area contributed by atoms with Gasteiger partial charge in [0.15, 0.2) is 5.54 Å². The van der Waals surface area contributed by atoms with E-state index in [1.165, 1.54) is 25.1 Å². The quantitative estimate of drug-likeness (QED) is 0.889. The van der Waals surface area contributed by atoms with Crippen molar-refractivity contribution < 1.29 is 19.4 Å². The summed E-state index contributed by atoms with van der Waals surface area (Å²) in [4.78, 5) is 23.8. The molecule has 114 valence electrons. The molecule has 1 unspecified atom stereocenters. The fourth-order valence-corrected chi connectivity index (χ4v) is 2.47. The molecular weight excluding hydrogens is 317 g/mol. The SMILES string of the molecule is CC(NC(=O)[C@@H]1CCCO1)(C(=O)O)c1ccc(Cl)c(Cl)c1. The first-order chi connectivity index (χ1) is 9.84. The number of rotatable bonds is 4. The van der Waals surface area contributed by atoms with Crippen LogP contribution >= 0.6 is 23.2 Å². The highest BCUT2D eigenvalue weighted by atomic mass is 35.5. The van der Waals surface area contributed by atoms with Gasteiger partial charge in [-0.15, -0.1) is 0 Å². The predicted octanol–water partition coefficient (Wildman–Crippen LogP) is 2.59. The van der Waals surface area contributed by atoms with Crippen LogP contribution in [-0.4, -0.2) is 29.7 Å². The van der Waals surface area contributed by atoms with Crippen LogP contribution in [0.1, 0.15) is 25.3 Å². The molecule has 1 saturated heterocycles. The molecule has 0 aromatic heterocycles. The smallest absolute Gasteiger partial charge is 0.333 e. The molecule has 5 nitrogen and oxygen atoms in total. The Kier molecular flexibility index (Phi) is 4.76. The molecule has 1 aromatic rings. The van der Waals surface area contributed by atoms with Gasteiger partial charge in [0, 0.05) is 6.61 Å². The normalized spacial score (nSPS) is 20.8. The number of nitrogens with one attached hydrogen (secondary N) is 1. The number of carbonyl (C=O) groups excluding carboxylic acids is 1. The van der Waals surface area contributed by atoms with Crippen LogP contribution in [0.15, 0.2) is 18.2 Å². The molecule has 0 saturated carbocycles. The van der Waals surface area contributed by atoms with Crippen molar-refractivity contribution in [1.29, 1.82) is 0 Å². The number of hydrogen-bond donors (Lipinski definition) is 2. The monoisotopic (exact) mass is 331 g/mol. The highest BCUT2D eigenvalue weighted by Crippen LogP contribution is 2.29. The fourth-order valence-electron chi connectivity index (χ4n) is 2.17. The van der Waals surface area contributed by atoms with Crippen LogP contribution in [0.2, 0.25) is 10.0 Å². The molecule has 0 radical (unpaired) electrons. The maximum atomic E-state index is 12.1. The molecule has 1 aliphatic rings. The molecule has 2 rings (SSSR count). The van der Waals surface area contributed by atoms with Crippen LogP contribution in [0.5, 0.6) is 0 Å². The van der Waals surface area contributed by atoms with Crippen LogP contribution in [0.3, 0.4) is 0 Å². The largest absolute Gasteiger partial charge is 0.479 e. The number of hydrogen-bond acceptors (Lipinski definition) is 3. The molecule has 21 heavy (non-hydrogen) atoms. The van der Waals surface area contributed by atoms with Crippen LogP contribution in [0.4, 0.5) is 0 Å². The first-order valence-electron chi connectivity index (χ1n) is 6.47. The zero-order chi connectivity index (χ0) is 15.6. The van der Waals surface area contributed by atoms with Gasteiger partial charge in [-0.05, 0) is 37.5 Å². The highest BCUT2D eigenvalue weighted by Gasteiger charge is 2.39. The number of carbonyl (C=O) groups is 2. The molecule has 1 aliphatic heterocycles. The van der Waals surface area contributed by atoms with Gasteiger partial charge in [0.2, 0.25) is 5.91 Å². The molecule has 1 heterocycles. The molecule has 0 aliphatic carbocycles. The number of amides is 1. The van der Waals surface area contributed by atoms with Gasteiger partial charge in [-0.1, -0.05) is 29.3 Å². The van der Waals surface area contributed by atoms with Gasteiger partial charge < -0.3 is 15.2 Å². The summed E-state index contributed by atoms with van der Waals surface area (Å²) in [6, 6.07) is 4.46. The summed E-state index contributed by atoms with van der Waals surface area (Å²) in [6.07, 6.45) is 0.767. The summed E-state index contributed by atoms with van der Waals surface area (Å²) in [6.45, 7) is 1.91. The lowest BCUT2D eigenvalue weighted by molar-refractivity contribution is -0.149. The van der Waals surface area contributed by atoms with E-state index in [1.807, 2.05) is 0 Å². The lowest BCUT2D eigenvalue weighted by atomic mass is 9.91. The summed E-state index contributed by atoms with van der Waals surface area (Å²) in [5.41, 5.74) is -1.26. The third-order valence-corrected chi connectivity index (χ3v) is 4.26. The van der Waals surface area contributed by atoms with Gasteiger partial charge >= 0.3 is 5.97 Å². The van der Waals surface area contributed by atoms with Crippen molar-refractivity contribution in [3.63, 3.8) is 0 Å². The van der Waals surface area contributed by atoms with E-state index in [4.69, 9.17) is 27.9 Å². The van der Waals surface area contributed by atoms with E-state index >= 15 is 0 Å². The minimum Gasteiger partial charge on any atom is -0.479 e. The molecular formula is C14H15Cl2NO4. The van der Waals surface area contributed by atoms with Gasteiger partial charge in [0.1, 0.15) is 6.10 Å². The average Bonchev–Trinajstić information content (AvgIpc) is 2.95. The number of carboxylic acids is 1. The van der Waals surface area contributed by atoms with E-state index in [0.29, 0.717) is 23.6 Å². The van der Waals surface area contributed by atoms with Crippen molar-refractivity contribution in [1.82, 2.24) is 5.32 Å². The Labute approximate surface area is 132 Å². The Morgan fingerprint density at radius 2 is 2.10 bits per heavy atom. The summed E-state index contributed by atoms with van der Waals surface area (Å²) in [5, 5.41) is 12.6. The first kappa shape index (κ1) is 16.1. The van der Waals surface area contributed by atoms with Gasteiger partial charge in [0.05, 0.1) is 10.0 Å². The molecule has 1 amide bonds. The molecule has 1 aromatic carbocycles. The number of ether oxygens (including phenoxy) is 1. The number of carboxylic acid groups (broad SMARTS) is 1. The first-order valence-corrected chi connectivity index (χ1v) is 7.23. The second-order valence-corrected chi connectivity index (χ2v) is 5.86. The third-order valence-electron chi connectivity index (χ3n) is 3.52. The third kappa shape index (κ3) is 3.31. The minimum absolute atomic E-state index is 0.230. The van der Waals surface area contributed by atoms with Crippen LogP contribution in [0.25, 0.3) is 0 Å². The molecule has 7 heteroatoms. The topological polar surface area (TPSA) is 75.6 Å². The maximum Gasteiger partial charge on any atom is 0.333 e. The van der Waals surface area contributed by atoms with Gasteiger partial charge in [0.25, 0.3) is 0 Å². The summed E-state index contributed by atoms with van der Waals surface area (Å²) >= 11 is 11.8. The molecule has 2 N–H and O–H groups in total. The Balaban J connectivity index is 2.28. The van der Waals surface area contributed by atoms with Crippen molar-refractivity contribution in [2.24, 2.45) is 0 Å². The zero-order valence-corrected chi connectivity index (χ0v) is 12.9. The van der Waals surface area contributed by atoms with E-state index in [2.05, 4.69) is 5.32 Å².